The molecule has 0 fully saturated rings. The second-order valence-corrected chi connectivity index (χ2v) is 5.16. The lowest BCUT2D eigenvalue weighted by Crippen LogP contribution is -2.44. The number of rotatable bonds is 6. The van der Waals surface area contributed by atoms with Crippen LogP contribution in [0.15, 0.2) is 42.5 Å². The molecule has 2 aromatic rings. The molecule has 0 heterocycles. The van der Waals surface area contributed by atoms with E-state index >= 15 is 0 Å². The highest BCUT2D eigenvalue weighted by molar-refractivity contribution is 5.94. The molecule has 4 heteroatoms. The summed E-state index contributed by atoms with van der Waals surface area (Å²) in [6.45, 7) is 2.91. The Morgan fingerprint density at radius 1 is 1.24 bits per heavy atom. The number of methoxy groups -OCH3 is 1. The zero-order chi connectivity index (χ0) is 15.3. The van der Waals surface area contributed by atoms with Crippen LogP contribution in [0, 0.1) is 0 Å². The largest absolute Gasteiger partial charge is 0.364 e. The number of fused-ring (bicyclic) bond motifs is 1. The average molecular weight is 286 g/mol. The quantitative estimate of drug-likeness (QED) is 0.800. The van der Waals surface area contributed by atoms with Gasteiger partial charge in [0.2, 0.25) is 0 Å². The van der Waals surface area contributed by atoms with E-state index in [0.29, 0.717) is 13.1 Å². The van der Waals surface area contributed by atoms with Gasteiger partial charge in [-0.25, -0.2) is 0 Å². The van der Waals surface area contributed by atoms with Crippen LogP contribution in [-0.4, -0.2) is 26.1 Å². The van der Waals surface area contributed by atoms with E-state index in [2.05, 4.69) is 5.32 Å². The molecule has 0 spiro atoms. The van der Waals surface area contributed by atoms with Crippen LogP contribution in [0.2, 0.25) is 0 Å². The van der Waals surface area contributed by atoms with Crippen LogP contribution in [0.5, 0.6) is 0 Å². The van der Waals surface area contributed by atoms with Crippen molar-refractivity contribution in [3.63, 3.8) is 0 Å². The topological polar surface area (TPSA) is 64.3 Å². The molecule has 3 N–H and O–H groups in total. The maximum atomic E-state index is 12.5. The standard InChI is InChI=1S/C17H22N2O2/c1-17(21-2,16(20)19-12-6-11-18)15-10-5-8-13-7-3-4-9-14(13)15/h3-5,7-10H,6,11-12,18H2,1-2H3,(H,19,20). The first-order chi connectivity index (χ1) is 10.1. The van der Waals surface area contributed by atoms with Crippen LogP contribution in [0.25, 0.3) is 10.8 Å². The number of amides is 1. The fraction of sp³-hybridized carbons (Fsp3) is 0.353. The fourth-order valence-electron chi connectivity index (χ4n) is 2.44. The Kier molecular flexibility index (Phi) is 4.94. The summed E-state index contributed by atoms with van der Waals surface area (Å²) in [6.07, 6.45) is 0.751. The van der Waals surface area contributed by atoms with Crippen LogP contribution >= 0.6 is 0 Å². The first-order valence-corrected chi connectivity index (χ1v) is 7.15. The third kappa shape index (κ3) is 3.06. The molecule has 0 aliphatic carbocycles. The van der Waals surface area contributed by atoms with E-state index < -0.39 is 5.60 Å². The van der Waals surface area contributed by atoms with Gasteiger partial charge >= 0.3 is 0 Å². The highest BCUT2D eigenvalue weighted by atomic mass is 16.5. The molecule has 112 valence electrons. The van der Waals surface area contributed by atoms with Gasteiger partial charge in [0.05, 0.1) is 0 Å². The second-order valence-electron chi connectivity index (χ2n) is 5.16. The van der Waals surface area contributed by atoms with Crippen molar-refractivity contribution in [1.82, 2.24) is 5.32 Å². The van der Waals surface area contributed by atoms with Gasteiger partial charge in [0.15, 0.2) is 5.60 Å². The van der Waals surface area contributed by atoms with Gasteiger partial charge in [-0.2, -0.15) is 0 Å². The third-order valence-corrected chi connectivity index (χ3v) is 3.81. The summed E-state index contributed by atoms with van der Waals surface area (Å²) in [6, 6.07) is 13.9. The van der Waals surface area contributed by atoms with Crippen molar-refractivity contribution in [2.75, 3.05) is 20.2 Å². The number of benzene rings is 2. The molecule has 4 nitrogen and oxygen atoms in total. The van der Waals surface area contributed by atoms with Crippen LogP contribution in [-0.2, 0) is 15.1 Å². The first kappa shape index (κ1) is 15.5. The number of ether oxygens (including phenoxy) is 1. The average Bonchev–Trinajstić information content (AvgIpc) is 2.53. The maximum absolute atomic E-state index is 12.5. The minimum Gasteiger partial charge on any atom is -0.364 e. The summed E-state index contributed by atoms with van der Waals surface area (Å²) < 4.78 is 5.58. The molecule has 0 aromatic heterocycles. The van der Waals surface area contributed by atoms with Gasteiger partial charge in [0, 0.05) is 19.2 Å². The monoisotopic (exact) mass is 286 g/mol. The number of nitrogens with two attached hydrogens (primary N) is 1. The summed E-state index contributed by atoms with van der Waals surface area (Å²) in [5, 5.41) is 5.01. The summed E-state index contributed by atoms with van der Waals surface area (Å²) in [5.41, 5.74) is 5.31. The van der Waals surface area contributed by atoms with Gasteiger partial charge in [-0.15, -0.1) is 0 Å². The molecule has 1 amide bonds. The first-order valence-electron chi connectivity index (χ1n) is 7.15. The second kappa shape index (κ2) is 6.70. The summed E-state index contributed by atoms with van der Waals surface area (Å²) in [7, 11) is 1.56. The van der Waals surface area contributed by atoms with Crippen molar-refractivity contribution in [3.05, 3.63) is 48.0 Å². The molecule has 2 aromatic carbocycles. The molecule has 0 aliphatic heterocycles. The summed E-state index contributed by atoms with van der Waals surface area (Å²) >= 11 is 0. The molecule has 1 unspecified atom stereocenters. The predicted octanol–water partition coefficient (Wildman–Crippen LogP) is 2.17. The van der Waals surface area contributed by atoms with Crippen LogP contribution in [0.3, 0.4) is 0 Å². The number of carbonyl (C=O) groups is 1. The normalized spacial score (nSPS) is 13.9. The minimum absolute atomic E-state index is 0.144. The van der Waals surface area contributed by atoms with Crippen molar-refractivity contribution in [2.24, 2.45) is 5.73 Å². The Labute approximate surface area is 125 Å². The van der Waals surface area contributed by atoms with E-state index in [-0.39, 0.29) is 5.91 Å². The Morgan fingerprint density at radius 2 is 1.95 bits per heavy atom. The van der Waals surface area contributed by atoms with E-state index in [1.807, 2.05) is 42.5 Å². The van der Waals surface area contributed by atoms with Gasteiger partial charge in [0.25, 0.3) is 5.91 Å². The van der Waals surface area contributed by atoms with Gasteiger partial charge in [-0.05, 0) is 30.7 Å². The highest BCUT2D eigenvalue weighted by Gasteiger charge is 2.36. The van der Waals surface area contributed by atoms with Gasteiger partial charge in [0.1, 0.15) is 0 Å². The van der Waals surface area contributed by atoms with E-state index in [9.17, 15) is 4.79 Å². The van der Waals surface area contributed by atoms with Crippen molar-refractivity contribution >= 4 is 16.7 Å². The minimum atomic E-state index is -1.02. The Morgan fingerprint density at radius 3 is 2.67 bits per heavy atom. The lowest BCUT2D eigenvalue weighted by atomic mass is 9.90. The predicted molar refractivity (Wildman–Crippen MR) is 85.0 cm³/mol. The smallest absolute Gasteiger partial charge is 0.256 e. The lowest BCUT2D eigenvalue weighted by Gasteiger charge is -2.28. The van der Waals surface area contributed by atoms with Crippen LogP contribution in [0.1, 0.15) is 18.9 Å². The Bertz CT molecular complexity index is 622. The Hall–Kier alpha value is -1.91. The molecule has 2 rings (SSSR count). The SMILES string of the molecule is COC(C)(C(=O)NCCCN)c1cccc2ccccc12. The van der Waals surface area contributed by atoms with Crippen molar-refractivity contribution in [2.45, 2.75) is 18.9 Å². The molecule has 0 aliphatic rings. The third-order valence-electron chi connectivity index (χ3n) is 3.81. The Balaban J connectivity index is 2.40. The zero-order valence-corrected chi connectivity index (χ0v) is 12.6. The van der Waals surface area contributed by atoms with Crippen molar-refractivity contribution in [3.8, 4) is 0 Å². The van der Waals surface area contributed by atoms with Crippen LogP contribution < -0.4 is 11.1 Å². The fourth-order valence-corrected chi connectivity index (χ4v) is 2.44. The van der Waals surface area contributed by atoms with E-state index in [1.165, 1.54) is 0 Å². The molecular weight excluding hydrogens is 264 g/mol. The van der Waals surface area contributed by atoms with Crippen LogP contribution in [0.4, 0.5) is 0 Å². The molecule has 1 atom stereocenters. The molecular formula is C17H22N2O2. The van der Waals surface area contributed by atoms with Gasteiger partial charge in [-0.1, -0.05) is 42.5 Å². The van der Waals surface area contributed by atoms with Crippen molar-refractivity contribution < 1.29 is 9.53 Å². The number of hydrogen-bond acceptors (Lipinski definition) is 3. The molecule has 0 saturated carbocycles. The molecule has 0 bridgehead atoms. The van der Waals surface area contributed by atoms with E-state index in [4.69, 9.17) is 10.5 Å². The van der Waals surface area contributed by atoms with Gasteiger partial charge in [-0.3, -0.25) is 4.79 Å². The van der Waals surface area contributed by atoms with E-state index in [1.54, 1.807) is 14.0 Å². The van der Waals surface area contributed by atoms with Crippen molar-refractivity contribution in [1.29, 1.82) is 0 Å². The van der Waals surface area contributed by atoms with Gasteiger partial charge < -0.3 is 15.8 Å². The number of carbonyl (C=O) groups excluding carboxylic acids is 1. The maximum Gasteiger partial charge on any atom is 0.256 e. The summed E-state index contributed by atoms with van der Waals surface area (Å²) in [4.78, 5) is 12.5. The zero-order valence-electron chi connectivity index (χ0n) is 12.6. The number of hydrogen-bond donors (Lipinski definition) is 2. The molecule has 21 heavy (non-hydrogen) atoms. The molecule has 0 radical (unpaired) electrons. The van der Waals surface area contributed by atoms with E-state index in [0.717, 1.165) is 22.8 Å². The highest BCUT2D eigenvalue weighted by Crippen LogP contribution is 2.31. The number of nitrogens with one attached hydrogen (secondary N) is 1. The molecule has 0 saturated heterocycles. The summed E-state index contributed by atoms with van der Waals surface area (Å²) in [5.74, 6) is -0.144. The lowest BCUT2D eigenvalue weighted by molar-refractivity contribution is -0.142.